The van der Waals surface area contributed by atoms with Crippen molar-refractivity contribution in [1.29, 1.82) is 0 Å². The lowest BCUT2D eigenvalue weighted by molar-refractivity contribution is 0.122. The highest BCUT2D eigenvalue weighted by Gasteiger charge is 2.31. The first-order valence-corrected chi connectivity index (χ1v) is 10.8. The highest BCUT2D eigenvalue weighted by molar-refractivity contribution is 5.94. The Morgan fingerprint density at radius 2 is 1.84 bits per heavy atom. The van der Waals surface area contributed by atoms with E-state index in [0.717, 1.165) is 55.1 Å². The molecule has 168 valence electrons. The van der Waals surface area contributed by atoms with Gasteiger partial charge in [0, 0.05) is 37.3 Å². The summed E-state index contributed by atoms with van der Waals surface area (Å²) in [6.07, 6.45) is 0.717. The van der Waals surface area contributed by atoms with Crippen LogP contribution in [0.25, 0.3) is 5.70 Å². The maximum Gasteiger partial charge on any atom is 0.194 e. The summed E-state index contributed by atoms with van der Waals surface area (Å²) < 4.78 is 22.7. The molecule has 8 nitrogen and oxygen atoms in total. The molecule has 0 aliphatic carbocycles. The number of rotatable bonds is 4. The lowest BCUT2D eigenvalue weighted by atomic mass is 9.91. The topological polar surface area (TPSA) is 90.6 Å². The van der Waals surface area contributed by atoms with E-state index in [4.69, 9.17) is 29.7 Å². The van der Waals surface area contributed by atoms with Gasteiger partial charge in [0.2, 0.25) is 0 Å². The van der Waals surface area contributed by atoms with Gasteiger partial charge in [-0.2, -0.15) is 0 Å². The van der Waals surface area contributed by atoms with Crippen molar-refractivity contribution in [2.75, 3.05) is 52.0 Å². The molecule has 2 aromatic rings. The summed E-state index contributed by atoms with van der Waals surface area (Å²) in [4.78, 5) is 7.09. The van der Waals surface area contributed by atoms with E-state index >= 15 is 0 Å². The van der Waals surface area contributed by atoms with E-state index in [-0.39, 0.29) is 6.04 Å². The average Bonchev–Trinajstić information content (AvgIpc) is 3.03. The number of hydrogen-bond donors (Lipinski definition) is 2. The standard InChI is InChI=1S/C24H28N4O4/c1-29-17-13-19(30-2)21-20(14-17)32-10-7-18-22(26-24(25)27-23(18)21)15-3-5-16(6-4-15)28-8-11-31-12-9-28/h3-6,13-14,22H,7-12H2,1-2H3,(H3,25,26,27). The Bertz CT molecular complexity index is 1060. The molecule has 0 amide bonds. The molecule has 0 aromatic heterocycles. The lowest BCUT2D eigenvalue weighted by Crippen LogP contribution is -2.36. The normalized spacial score (nSPS) is 20.2. The second kappa shape index (κ2) is 8.63. The van der Waals surface area contributed by atoms with Crippen LogP contribution in [0.4, 0.5) is 5.69 Å². The molecule has 1 atom stereocenters. The number of ether oxygens (including phenoxy) is 4. The van der Waals surface area contributed by atoms with Gasteiger partial charge in [0.05, 0.1) is 45.3 Å². The van der Waals surface area contributed by atoms with Crippen molar-refractivity contribution in [1.82, 2.24) is 5.32 Å². The molecule has 3 aliphatic rings. The summed E-state index contributed by atoms with van der Waals surface area (Å²) >= 11 is 0. The number of nitrogens with zero attached hydrogens (tertiary/aromatic N) is 2. The van der Waals surface area contributed by atoms with Gasteiger partial charge in [-0.25, -0.2) is 4.99 Å². The summed E-state index contributed by atoms with van der Waals surface area (Å²) in [6.45, 7) is 3.87. The van der Waals surface area contributed by atoms with E-state index in [9.17, 15) is 0 Å². The van der Waals surface area contributed by atoms with Crippen molar-refractivity contribution in [2.24, 2.45) is 10.7 Å². The van der Waals surface area contributed by atoms with Crippen LogP contribution in [0.2, 0.25) is 0 Å². The molecule has 3 aliphatic heterocycles. The van der Waals surface area contributed by atoms with Gasteiger partial charge in [0.1, 0.15) is 23.3 Å². The molecule has 0 radical (unpaired) electrons. The quantitative estimate of drug-likeness (QED) is 0.762. The highest BCUT2D eigenvalue weighted by Crippen LogP contribution is 2.45. The smallest absolute Gasteiger partial charge is 0.194 e. The minimum Gasteiger partial charge on any atom is -0.496 e. The predicted octanol–water partition coefficient (Wildman–Crippen LogP) is 2.69. The number of benzene rings is 2. The van der Waals surface area contributed by atoms with Crippen molar-refractivity contribution in [3.8, 4) is 17.2 Å². The largest absolute Gasteiger partial charge is 0.496 e. The van der Waals surface area contributed by atoms with Crippen molar-refractivity contribution in [3.05, 3.63) is 53.1 Å². The Morgan fingerprint density at radius 1 is 1.06 bits per heavy atom. The minimum atomic E-state index is -0.189. The number of morpholine rings is 1. The number of nitrogens with one attached hydrogen (secondary N) is 1. The molecule has 5 rings (SSSR count). The molecular formula is C24H28N4O4. The van der Waals surface area contributed by atoms with E-state index in [2.05, 4.69) is 34.5 Å². The molecule has 0 spiro atoms. The molecule has 32 heavy (non-hydrogen) atoms. The third-order valence-corrected chi connectivity index (χ3v) is 6.13. The van der Waals surface area contributed by atoms with Gasteiger partial charge in [0.25, 0.3) is 0 Å². The molecular weight excluding hydrogens is 408 g/mol. The van der Waals surface area contributed by atoms with E-state index < -0.39 is 0 Å². The summed E-state index contributed by atoms with van der Waals surface area (Å²) in [5.41, 5.74) is 11.4. The van der Waals surface area contributed by atoms with E-state index in [1.165, 1.54) is 5.69 Å². The molecule has 3 heterocycles. The van der Waals surface area contributed by atoms with Gasteiger partial charge in [0.15, 0.2) is 5.96 Å². The monoisotopic (exact) mass is 436 g/mol. The number of hydrogen-bond acceptors (Lipinski definition) is 8. The van der Waals surface area contributed by atoms with Gasteiger partial charge >= 0.3 is 0 Å². The van der Waals surface area contributed by atoms with Crippen LogP contribution in [-0.2, 0) is 4.74 Å². The number of fused-ring (bicyclic) bond motifs is 2. The fourth-order valence-corrected chi connectivity index (χ4v) is 4.52. The van der Waals surface area contributed by atoms with Crippen LogP contribution in [0.3, 0.4) is 0 Å². The predicted molar refractivity (Wildman–Crippen MR) is 124 cm³/mol. The number of methoxy groups -OCH3 is 2. The third-order valence-electron chi connectivity index (χ3n) is 6.13. The van der Waals surface area contributed by atoms with Crippen LogP contribution < -0.4 is 30.2 Å². The first-order valence-electron chi connectivity index (χ1n) is 10.8. The van der Waals surface area contributed by atoms with Crippen LogP contribution in [-0.4, -0.2) is 53.1 Å². The van der Waals surface area contributed by atoms with Crippen molar-refractivity contribution >= 4 is 17.3 Å². The van der Waals surface area contributed by atoms with Crippen LogP contribution in [0.5, 0.6) is 17.2 Å². The Morgan fingerprint density at radius 3 is 2.56 bits per heavy atom. The zero-order valence-electron chi connectivity index (χ0n) is 18.4. The van der Waals surface area contributed by atoms with E-state index in [0.29, 0.717) is 29.8 Å². The van der Waals surface area contributed by atoms with Crippen molar-refractivity contribution in [2.45, 2.75) is 12.5 Å². The maximum absolute atomic E-state index is 6.25. The Kier molecular flexibility index (Phi) is 5.53. The summed E-state index contributed by atoms with van der Waals surface area (Å²) in [5, 5.41) is 3.27. The van der Waals surface area contributed by atoms with Crippen LogP contribution in [0.15, 0.2) is 47.0 Å². The lowest BCUT2D eigenvalue weighted by Gasteiger charge is -2.30. The molecule has 2 aromatic carbocycles. The number of anilines is 1. The number of aliphatic imine (C=N–C) groups is 1. The number of guanidine groups is 1. The first-order chi connectivity index (χ1) is 15.7. The van der Waals surface area contributed by atoms with Crippen LogP contribution >= 0.6 is 0 Å². The van der Waals surface area contributed by atoms with E-state index in [1.54, 1.807) is 14.2 Å². The van der Waals surface area contributed by atoms with Gasteiger partial charge < -0.3 is 34.9 Å². The number of nitrogens with two attached hydrogens (primary N) is 1. The molecule has 8 heteroatoms. The van der Waals surface area contributed by atoms with Gasteiger partial charge in [-0.3, -0.25) is 0 Å². The summed E-state index contributed by atoms with van der Waals surface area (Å²) in [5.74, 6) is 2.42. The zero-order chi connectivity index (χ0) is 22.1. The summed E-state index contributed by atoms with van der Waals surface area (Å²) in [6, 6.07) is 12.1. The van der Waals surface area contributed by atoms with Crippen LogP contribution in [0, 0.1) is 0 Å². The fourth-order valence-electron chi connectivity index (χ4n) is 4.52. The molecule has 1 saturated heterocycles. The third kappa shape index (κ3) is 3.71. The van der Waals surface area contributed by atoms with Crippen LogP contribution in [0.1, 0.15) is 23.6 Å². The molecule has 3 N–H and O–H groups in total. The minimum absolute atomic E-state index is 0.189. The second-order valence-corrected chi connectivity index (χ2v) is 7.93. The Labute approximate surface area is 187 Å². The van der Waals surface area contributed by atoms with Gasteiger partial charge in [-0.1, -0.05) is 12.1 Å². The fraction of sp³-hybridized carbons (Fsp3) is 0.375. The van der Waals surface area contributed by atoms with E-state index in [1.807, 2.05) is 12.1 Å². The first kappa shape index (κ1) is 20.5. The highest BCUT2D eigenvalue weighted by atomic mass is 16.5. The maximum atomic E-state index is 6.25. The SMILES string of the molecule is COc1cc(OC)c2c(c1)OCCC1=C2NC(N)=NC1c1ccc(N2CCOCC2)cc1. The molecule has 1 unspecified atom stereocenters. The molecule has 0 bridgehead atoms. The van der Waals surface area contributed by atoms with Gasteiger partial charge in [-0.05, 0) is 23.3 Å². The Hall–Kier alpha value is -3.39. The molecule has 0 saturated carbocycles. The van der Waals surface area contributed by atoms with Gasteiger partial charge in [-0.15, -0.1) is 0 Å². The molecule has 1 fully saturated rings. The second-order valence-electron chi connectivity index (χ2n) is 7.93. The average molecular weight is 437 g/mol. The Balaban J connectivity index is 1.54. The van der Waals surface area contributed by atoms with Crippen molar-refractivity contribution in [3.63, 3.8) is 0 Å². The summed E-state index contributed by atoms with van der Waals surface area (Å²) in [7, 11) is 3.27. The van der Waals surface area contributed by atoms with Crippen molar-refractivity contribution < 1.29 is 18.9 Å². The zero-order valence-corrected chi connectivity index (χ0v) is 18.4.